The zero-order valence-electron chi connectivity index (χ0n) is 10.3. The van der Waals surface area contributed by atoms with Crippen LogP contribution in [0, 0.1) is 12.7 Å². The van der Waals surface area contributed by atoms with Crippen LogP contribution in [0.1, 0.15) is 16.1 Å². The number of aromatic nitrogens is 3. The first kappa shape index (κ1) is 13.0. The molecule has 0 aliphatic heterocycles. The third kappa shape index (κ3) is 3.27. The number of carboxylic acids is 1. The van der Waals surface area contributed by atoms with Gasteiger partial charge in [0.2, 0.25) is 0 Å². The number of rotatable bonds is 5. The van der Waals surface area contributed by atoms with E-state index in [0.717, 1.165) is 5.56 Å². The van der Waals surface area contributed by atoms with Crippen LogP contribution < -0.4 is 5.32 Å². The van der Waals surface area contributed by atoms with E-state index < -0.39 is 5.97 Å². The molecule has 0 unspecified atom stereocenters. The number of halogens is 1. The van der Waals surface area contributed by atoms with Gasteiger partial charge in [-0.1, -0.05) is 11.3 Å². The maximum atomic E-state index is 13.5. The highest BCUT2D eigenvalue weighted by Crippen LogP contribution is 2.14. The average molecular weight is 264 g/mol. The first-order valence-electron chi connectivity index (χ1n) is 5.70. The van der Waals surface area contributed by atoms with E-state index in [9.17, 15) is 9.18 Å². The number of nitrogens with zero attached hydrogens (tertiary/aromatic N) is 3. The van der Waals surface area contributed by atoms with Crippen molar-refractivity contribution >= 4 is 11.7 Å². The van der Waals surface area contributed by atoms with E-state index in [4.69, 9.17) is 5.11 Å². The van der Waals surface area contributed by atoms with E-state index in [1.165, 1.54) is 16.9 Å². The number of carbonyl (C=O) groups is 1. The molecule has 0 aliphatic rings. The zero-order valence-corrected chi connectivity index (χ0v) is 10.3. The van der Waals surface area contributed by atoms with Crippen LogP contribution in [0.5, 0.6) is 0 Å². The Morgan fingerprint density at radius 1 is 1.53 bits per heavy atom. The van der Waals surface area contributed by atoms with Gasteiger partial charge >= 0.3 is 5.97 Å². The predicted molar refractivity (Wildman–Crippen MR) is 66.6 cm³/mol. The minimum absolute atomic E-state index is 0.110. The van der Waals surface area contributed by atoms with Gasteiger partial charge in [0.05, 0.1) is 18.4 Å². The van der Waals surface area contributed by atoms with Gasteiger partial charge in [0, 0.05) is 6.54 Å². The Balaban J connectivity index is 1.90. The molecule has 2 N–H and O–H groups in total. The maximum absolute atomic E-state index is 13.5. The molecule has 0 spiro atoms. The lowest BCUT2D eigenvalue weighted by molar-refractivity contribution is 0.0690. The van der Waals surface area contributed by atoms with E-state index in [1.807, 2.05) is 13.0 Å². The van der Waals surface area contributed by atoms with Crippen LogP contribution in [0.15, 0.2) is 24.4 Å². The Hall–Kier alpha value is -2.44. The minimum atomic E-state index is -1.12. The molecule has 2 rings (SSSR count). The number of hydrogen-bond donors (Lipinski definition) is 2. The maximum Gasteiger partial charge on any atom is 0.358 e. The molecule has 2 aromatic rings. The second kappa shape index (κ2) is 5.47. The number of carboxylic acid groups (broad SMARTS) is 1. The van der Waals surface area contributed by atoms with Crippen LogP contribution in [0.3, 0.4) is 0 Å². The first-order chi connectivity index (χ1) is 9.06. The van der Waals surface area contributed by atoms with Crippen molar-refractivity contribution in [1.29, 1.82) is 0 Å². The summed E-state index contributed by atoms with van der Waals surface area (Å²) in [5, 5.41) is 18.7. The highest BCUT2D eigenvalue weighted by atomic mass is 19.1. The van der Waals surface area contributed by atoms with E-state index in [0.29, 0.717) is 18.8 Å². The predicted octanol–water partition coefficient (Wildman–Crippen LogP) is 1.54. The lowest BCUT2D eigenvalue weighted by Gasteiger charge is -2.07. The summed E-state index contributed by atoms with van der Waals surface area (Å²) in [5.74, 6) is -1.44. The Bertz CT molecular complexity index is 597. The van der Waals surface area contributed by atoms with E-state index in [-0.39, 0.29) is 11.5 Å². The summed E-state index contributed by atoms with van der Waals surface area (Å²) in [5.41, 5.74) is 1.15. The van der Waals surface area contributed by atoms with E-state index in [2.05, 4.69) is 15.6 Å². The normalized spacial score (nSPS) is 10.4. The fourth-order valence-corrected chi connectivity index (χ4v) is 1.57. The standard InChI is InChI=1S/C12H13FN4O2/c1-8-2-3-10(9(13)6-8)14-4-5-17-7-11(12(18)19)15-16-17/h2-3,6-7,14H,4-5H2,1H3,(H,18,19). The van der Waals surface area contributed by atoms with Crippen LogP contribution in [-0.4, -0.2) is 32.6 Å². The fourth-order valence-electron chi connectivity index (χ4n) is 1.57. The molecule has 1 aromatic carbocycles. The smallest absolute Gasteiger partial charge is 0.358 e. The summed E-state index contributed by atoms with van der Waals surface area (Å²) in [7, 11) is 0. The van der Waals surface area contributed by atoms with Gasteiger partial charge in [0.1, 0.15) is 5.82 Å². The monoisotopic (exact) mass is 264 g/mol. The Kier molecular flexibility index (Phi) is 3.74. The largest absolute Gasteiger partial charge is 0.476 e. The van der Waals surface area contributed by atoms with Gasteiger partial charge < -0.3 is 10.4 Å². The highest BCUT2D eigenvalue weighted by molar-refractivity contribution is 5.84. The lowest BCUT2D eigenvalue weighted by Crippen LogP contribution is -2.12. The molecule has 1 heterocycles. The van der Waals surface area contributed by atoms with Crippen LogP contribution in [0.25, 0.3) is 0 Å². The molecule has 7 heteroatoms. The molecular weight excluding hydrogens is 251 g/mol. The third-order valence-corrected chi connectivity index (χ3v) is 2.54. The zero-order chi connectivity index (χ0) is 13.8. The molecule has 1 aromatic heterocycles. The molecule has 100 valence electrons. The number of aromatic carboxylic acids is 1. The lowest BCUT2D eigenvalue weighted by atomic mass is 10.2. The van der Waals surface area contributed by atoms with Crippen molar-refractivity contribution in [3.05, 3.63) is 41.5 Å². The fraction of sp³-hybridized carbons (Fsp3) is 0.250. The van der Waals surface area contributed by atoms with Gasteiger partial charge in [-0.3, -0.25) is 0 Å². The molecule has 6 nitrogen and oxygen atoms in total. The molecular formula is C12H13FN4O2. The van der Waals surface area contributed by atoms with Gasteiger partial charge in [-0.05, 0) is 24.6 Å². The van der Waals surface area contributed by atoms with E-state index >= 15 is 0 Å². The van der Waals surface area contributed by atoms with Crippen molar-refractivity contribution in [2.24, 2.45) is 0 Å². The molecule has 0 atom stereocenters. The summed E-state index contributed by atoms with van der Waals surface area (Å²) in [6.45, 7) is 2.63. The molecule has 0 amide bonds. The second-order valence-electron chi connectivity index (χ2n) is 4.08. The summed E-state index contributed by atoms with van der Waals surface area (Å²) < 4.78 is 14.9. The van der Waals surface area contributed by atoms with Crippen molar-refractivity contribution in [2.75, 3.05) is 11.9 Å². The third-order valence-electron chi connectivity index (χ3n) is 2.54. The molecule has 0 saturated carbocycles. The SMILES string of the molecule is Cc1ccc(NCCn2cc(C(=O)O)nn2)c(F)c1. The number of benzene rings is 1. The van der Waals surface area contributed by atoms with Gasteiger partial charge in [0.25, 0.3) is 0 Å². The van der Waals surface area contributed by atoms with Crippen molar-refractivity contribution in [2.45, 2.75) is 13.5 Å². The van der Waals surface area contributed by atoms with Crippen LogP contribution >= 0.6 is 0 Å². The van der Waals surface area contributed by atoms with Crippen LogP contribution in [-0.2, 0) is 6.54 Å². The molecule has 0 aliphatic carbocycles. The van der Waals surface area contributed by atoms with Crippen molar-refractivity contribution < 1.29 is 14.3 Å². The van der Waals surface area contributed by atoms with Crippen molar-refractivity contribution in [3.8, 4) is 0 Å². The van der Waals surface area contributed by atoms with Crippen LogP contribution in [0.4, 0.5) is 10.1 Å². The minimum Gasteiger partial charge on any atom is -0.476 e. The molecule has 0 fully saturated rings. The Morgan fingerprint density at radius 3 is 2.95 bits per heavy atom. The first-order valence-corrected chi connectivity index (χ1v) is 5.70. The topological polar surface area (TPSA) is 80.0 Å². The van der Waals surface area contributed by atoms with Crippen LogP contribution in [0.2, 0.25) is 0 Å². The number of anilines is 1. The summed E-state index contributed by atoms with van der Waals surface area (Å²) in [6.07, 6.45) is 1.33. The second-order valence-corrected chi connectivity index (χ2v) is 4.08. The molecule has 0 radical (unpaired) electrons. The number of nitrogens with one attached hydrogen (secondary N) is 1. The van der Waals surface area contributed by atoms with Crippen molar-refractivity contribution in [3.63, 3.8) is 0 Å². The van der Waals surface area contributed by atoms with Gasteiger partial charge in [-0.2, -0.15) is 0 Å². The molecule has 0 bridgehead atoms. The summed E-state index contributed by atoms with van der Waals surface area (Å²) in [4.78, 5) is 10.6. The summed E-state index contributed by atoms with van der Waals surface area (Å²) in [6, 6.07) is 4.92. The van der Waals surface area contributed by atoms with Crippen molar-refractivity contribution in [1.82, 2.24) is 15.0 Å². The Morgan fingerprint density at radius 2 is 2.32 bits per heavy atom. The number of aryl methyl sites for hydroxylation is 1. The number of hydrogen-bond acceptors (Lipinski definition) is 4. The summed E-state index contributed by atoms with van der Waals surface area (Å²) >= 11 is 0. The molecule has 0 saturated heterocycles. The van der Waals surface area contributed by atoms with Gasteiger partial charge in [0.15, 0.2) is 5.69 Å². The van der Waals surface area contributed by atoms with Gasteiger partial charge in [-0.15, -0.1) is 5.10 Å². The van der Waals surface area contributed by atoms with E-state index in [1.54, 1.807) is 6.07 Å². The van der Waals surface area contributed by atoms with Gasteiger partial charge in [-0.25, -0.2) is 13.9 Å². The quantitative estimate of drug-likeness (QED) is 0.856. The Labute approximate surface area is 108 Å². The highest BCUT2D eigenvalue weighted by Gasteiger charge is 2.08. The average Bonchev–Trinajstić information content (AvgIpc) is 2.81. The molecule has 19 heavy (non-hydrogen) atoms.